The Bertz CT molecular complexity index is 318. The second-order valence-electron chi connectivity index (χ2n) is 7.94. The van der Waals surface area contributed by atoms with Crippen molar-refractivity contribution >= 4 is 0 Å². The molecule has 4 atom stereocenters. The molecule has 3 rings (SSSR count). The van der Waals surface area contributed by atoms with Crippen molar-refractivity contribution in [3.63, 3.8) is 0 Å². The van der Waals surface area contributed by atoms with E-state index < -0.39 is 0 Å². The monoisotopic (exact) mass is 252 g/mol. The van der Waals surface area contributed by atoms with Crippen LogP contribution in [0.4, 0.5) is 0 Å². The Morgan fingerprint density at radius 2 is 1.61 bits per heavy atom. The second-order valence-corrected chi connectivity index (χ2v) is 7.94. The standard InChI is InChI=1S/C16H28O.CH4/c1-14(2)8-5-9-15(3)12(14)6-10-16(4)13(15)7-11-17-16;/h12-13H,5-11H2,1-4H3;1H4. The van der Waals surface area contributed by atoms with Gasteiger partial charge in [-0.1, -0.05) is 34.6 Å². The maximum Gasteiger partial charge on any atom is 0.0688 e. The summed E-state index contributed by atoms with van der Waals surface area (Å²) in [5.41, 5.74) is 1.31. The molecule has 1 nitrogen and oxygen atoms in total. The van der Waals surface area contributed by atoms with Crippen LogP contribution in [0.25, 0.3) is 0 Å². The van der Waals surface area contributed by atoms with Gasteiger partial charge in [0.2, 0.25) is 0 Å². The van der Waals surface area contributed by atoms with Gasteiger partial charge in [0.25, 0.3) is 0 Å². The molecule has 1 saturated heterocycles. The fourth-order valence-electron chi connectivity index (χ4n) is 5.82. The van der Waals surface area contributed by atoms with E-state index in [2.05, 4.69) is 27.7 Å². The topological polar surface area (TPSA) is 9.23 Å². The van der Waals surface area contributed by atoms with Crippen LogP contribution < -0.4 is 0 Å². The zero-order valence-electron chi connectivity index (χ0n) is 12.0. The van der Waals surface area contributed by atoms with Crippen molar-refractivity contribution in [3.8, 4) is 0 Å². The van der Waals surface area contributed by atoms with E-state index in [1.165, 1.54) is 38.5 Å². The predicted octanol–water partition coefficient (Wildman–Crippen LogP) is 5.04. The fraction of sp³-hybridized carbons (Fsp3) is 1.00. The van der Waals surface area contributed by atoms with E-state index in [-0.39, 0.29) is 13.0 Å². The van der Waals surface area contributed by atoms with Crippen molar-refractivity contribution in [1.29, 1.82) is 0 Å². The summed E-state index contributed by atoms with van der Waals surface area (Å²) in [5, 5.41) is 0. The highest BCUT2D eigenvalue weighted by Gasteiger charge is 2.60. The van der Waals surface area contributed by atoms with Gasteiger partial charge >= 0.3 is 0 Å². The lowest BCUT2D eigenvalue weighted by Crippen LogP contribution is -2.55. The van der Waals surface area contributed by atoms with Gasteiger partial charge in [0.05, 0.1) is 5.60 Å². The fourth-order valence-corrected chi connectivity index (χ4v) is 5.82. The van der Waals surface area contributed by atoms with Gasteiger partial charge in [-0.05, 0) is 61.7 Å². The third-order valence-electron chi connectivity index (χ3n) is 6.58. The summed E-state index contributed by atoms with van der Waals surface area (Å²) in [5.74, 6) is 1.73. The van der Waals surface area contributed by atoms with Crippen molar-refractivity contribution in [2.24, 2.45) is 22.7 Å². The van der Waals surface area contributed by atoms with E-state index in [1.807, 2.05) is 0 Å². The molecule has 0 aromatic heterocycles. The Kier molecular flexibility index (Phi) is 3.38. The highest BCUT2D eigenvalue weighted by Crippen LogP contribution is 2.64. The van der Waals surface area contributed by atoms with E-state index in [4.69, 9.17) is 4.74 Å². The summed E-state index contributed by atoms with van der Waals surface area (Å²) in [6, 6.07) is 0. The summed E-state index contributed by atoms with van der Waals surface area (Å²) in [6.07, 6.45) is 8.27. The zero-order valence-corrected chi connectivity index (χ0v) is 12.0. The van der Waals surface area contributed by atoms with Crippen molar-refractivity contribution in [2.45, 2.75) is 79.2 Å². The summed E-state index contributed by atoms with van der Waals surface area (Å²) in [6.45, 7) is 11.0. The summed E-state index contributed by atoms with van der Waals surface area (Å²) in [7, 11) is 0. The molecule has 2 saturated carbocycles. The number of hydrogen-bond acceptors (Lipinski definition) is 1. The van der Waals surface area contributed by atoms with Crippen molar-refractivity contribution in [2.75, 3.05) is 6.61 Å². The van der Waals surface area contributed by atoms with Crippen LogP contribution >= 0.6 is 0 Å². The maximum atomic E-state index is 6.13. The first-order chi connectivity index (χ1) is 7.89. The van der Waals surface area contributed by atoms with Gasteiger partial charge in [-0.25, -0.2) is 0 Å². The third kappa shape index (κ3) is 1.77. The molecule has 4 unspecified atom stereocenters. The number of fused-ring (bicyclic) bond motifs is 3. The Balaban J connectivity index is 0.00000120. The number of hydrogen-bond donors (Lipinski definition) is 0. The van der Waals surface area contributed by atoms with Crippen LogP contribution in [0, 0.1) is 22.7 Å². The molecule has 3 fully saturated rings. The molecule has 18 heavy (non-hydrogen) atoms. The minimum absolute atomic E-state index is 0. The summed E-state index contributed by atoms with van der Waals surface area (Å²) >= 11 is 0. The molecule has 3 aliphatic rings. The highest BCUT2D eigenvalue weighted by atomic mass is 16.5. The van der Waals surface area contributed by atoms with Gasteiger partial charge in [0.15, 0.2) is 0 Å². The van der Waals surface area contributed by atoms with Gasteiger partial charge in [-0.3, -0.25) is 0 Å². The quantitative estimate of drug-likeness (QED) is 0.586. The maximum absolute atomic E-state index is 6.13. The van der Waals surface area contributed by atoms with Crippen molar-refractivity contribution in [3.05, 3.63) is 0 Å². The molecule has 1 aliphatic heterocycles. The first kappa shape index (κ1) is 14.4. The van der Waals surface area contributed by atoms with Gasteiger partial charge in [0.1, 0.15) is 0 Å². The van der Waals surface area contributed by atoms with Gasteiger partial charge in [0, 0.05) is 6.61 Å². The molecule has 106 valence electrons. The Morgan fingerprint density at radius 1 is 0.889 bits per heavy atom. The van der Waals surface area contributed by atoms with E-state index in [0.29, 0.717) is 10.8 Å². The van der Waals surface area contributed by atoms with Gasteiger partial charge < -0.3 is 4.74 Å². The Labute approximate surface area is 114 Å². The van der Waals surface area contributed by atoms with Crippen molar-refractivity contribution in [1.82, 2.24) is 0 Å². The van der Waals surface area contributed by atoms with Crippen molar-refractivity contribution < 1.29 is 4.74 Å². The van der Waals surface area contributed by atoms with Crippen LogP contribution in [0.15, 0.2) is 0 Å². The van der Waals surface area contributed by atoms with Crippen LogP contribution in [-0.4, -0.2) is 12.2 Å². The minimum atomic E-state index is 0. The number of rotatable bonds is 0. The molecule has 0 spiro atoms. The molecule has 1 heterocycles. The zero-order chi connectivity index (χ0) is 12.3. The first-order valence-corrected chi connectivity index (χ1v) is 7.52. The van der Waals surface area contributed by atoms with E-state index in [9.17, 15) is 0 Å². The van der Waals surface area contributed by atoms with Crippen LogP contribution in [0.5, 0.6) is 0 Å². The number of ether oxygens (including phenoxy) is 1. The average molecular weight is 252 g/mol. The van der Waals surface area contributed by atoms with Crippen LogP contribution in [0.3, 0.4) is 0 Å². The summed E-state index contributed by atoms with van der Waals surface area (Å²) < 4.78 is 6.13. The predicted molar refractivity (Wildman–Crippen MR) is 77.7 cm³/mol. The third-order valence-corrected chi connectivity index (χ3v) is 6.58. The molecule has 0 radical (unpaired) electrons. The largest absolute Gasteiger partial charge is 0.375 e. The van der Waals surface area contributed by atoms with Gasteiger partial charge in [-0.2, -0.15) is 0 Å². The molecule has 2 aliphatic carbocycles. The smallest absolute Gasteiger partial charge is 0.0688 e. The van der Waals surface area contributed by atoms with E-state index in [0.717, 1.165) is 18.4 Å². The van der Waals surface area contributed by atoms with Crippen LogP contribution in [-0.2, 0) is 4.74 Å². The summed E-state index contributed by atoms with van der Waals surface area (Å²) in [4.78, 5) is 0. The van der Waals surface area contributed by atoms with Gasteiger partial charge in [-0.15, -0.1) is 0 Å². The molecule has 0 aromatic carbocycles. The first-order valence-electron chi connectivity index (χ1n) is 7.52. The Hall–Kier alpha value is -0.0400. The molecular formula is C17H32O. The molecular weight excluding hydrogens is 220 g/mol. The normalized spacial score (nSPS) is 50.0. The molecule has 0 bridgehead atoms. The lowest BCUT2D eigenvalue weighted by atomic mass is 9.46. The lowest BCUT2D eigenvalue weighted by molar-refractivity contribution is -0.147. The SMILES string of the molecule is C.CC1(C)CCCC2(C)C1CCC1(C)OCCC12. The molecule has 0 N–H and O–H groups in total. The molecule has 0 amide bonds. The Morgan fingerprint density at radius 3 is 2.33 bits per heavy atom. The highest BCUT2D eigenvalue weighted by molar-refractivity contribution is 5.09. The minimum Gasteiger partial charge on any atom is -0.375 e. The lowest BCUT2D eigenvalue weighted by Gasteiger charge is -2.60. The van der Waals surface area contributed by atoms with Crippen LogP contribution in [0.1, 0.15) is 73.6 Å². The van der Waals surface area contributed by atoms with E-state index >= 15 is 0 Å². The van der Waals surface area contributed by atoms with E-state index in [1.54, 1.807) is 0 Å². The second kappa shape index (κ2) is 4.23. The average Bonchev–Trinajstić information content (AvgIpc) is 2.60. The molecule has 1 heteroatoms. The molecule has 0 aromatic rings. The van der Waals surface area contributed by atoms with Crippen LogP contribution in [0.2, 0.25) is 0 Å².